The lowest BCUT2D eigenvalue weighted by Gasteiger charge is -2.36. The van der Waals surface area contributed by atoms with E-state index in [4.69, 9.17) is 0 Å². The van der Waals surface area contributed by atoms with Crippen LogP contribution >= 0.6 is 0 Å². The van der Waals surface area contributed by atoms with Crippen LogP contribution in [0.3, 0.4) is 0 Å². The molecule has 3 rings (SSSR count). The fourth-order valence-electron chi connectivity index (χ4n) is 4.07. The summed E-state index contributed by atoms with van der Waals surface area (Å²) in [5.74, 6) is 0. The van der Waals surface area contributed by atoms with Gasteiger partial charge in [-0.25, -0.2) is 0 Å². The maximum absolute atomic E-state index is 2.37. The maximum Gasteiger partial charge on any atom is 0.0217 e. The summed E-state index contributed by atoms with van der Waals surface area (Å²) < 4.78 is 0. The Bertz CT molecular complexity index is 594. The van der Waals surface area contributed by atoms with Gasteiger partial charge in [0.2, 0.25) is 0 Å². The highest BCUT2D eigenvalue weighted by molar-refractivity contribution is 5.49. The molecule has 2 aromatic rings. The van der Waals surface area contributed by atoms with E-state index in [1.165, 1.54) is 6.42 Å². The Morgan fingerprint density at radius 2 is 1.36 bits per heavy atom. The minimum absolute atomic E-state index is 0.161. The molecular weight excluding hydrogens is 266 g/mol. The SMILES string of the molecule is CCC1(CCN(C)C)c2ccccc2CCc2ccccc21. The van der Waals surface area contributed by atoms with Gasteiger partial charge in [0.05, 0.1) is 0 Å². The van der Waals surface area contributed by atoms with Crippen molar-refractivity contribution in [2.45, 2.75) is 38.0 Å². The van der Waals surface area contributed by atoms with Crippen molar-refractivity contribution in [1.29, 1.82) is 0 Å². The molecule has 1 aliphatic carbocycles. The van der Waals surface area contributed by atoms with Crippen LogP contribution in [0.15, 0.2) is 48.5 Å². The van der Waals surface area contributed by atoms with Gasteiger partial charge >= 0.3 is 0 Å². The Hall–Kier alpha value is -1.60. The highest BCUT2D eigenvalue weighted by Crippen LogP contribution is 2.44. The van der Waals surface area contributed by atoms with Gasteiger partial charge in [-0.1, -0.05) is 55.5 Å². The quantitative estimate of drug-likeness (QED) is 0.806. The number of benzene rings is 2. The van der Waals surface area contributed by atoms with E-state index in [-0.39, 0.29) is 5.41 Å². The molecule has 0 spiro atoms. The van der Waals surface area contributed by atoms with Crippen molar-refractivity contribution in [3.8, 4) is 0 Å². The summed E-state index contributed by atoms with van der Waals surface area (Å²) in [6.07, 6.45) is 4.67. The van der Waals surface area contributed by atoms with Gasteiger partial charge in [-0.2, -0.15) is 0 Å². The Labute approximate surface area is 135 Å². The molecule has 2 aromatic carbocycles. The van der Waals surface area contributed by atoms with Crippen LogP contribution in [-0.4, -0.2) is 25.5 Å². The molecule has 116 valence electrons. The maximum atomic E-state index is 2.37. The minimum atomic E-state index is 0.161. The summed E-state index contributed by atoms with van der Waals surface area (Å²) in [6.45, 7) is 3.48. The molecule has 22 heavy (non-hydrogen) atoms. The molecule has 1 aliphatic rings. The van der Waals surface area contributed by atoms with E-state index < -0.39 is 0 Å². The number of hydrogen-bond acceptors (Lipinski definition) is 1. The molecule has 1 nitrogen and oxygen atoms in total. The third-order valence-electron chi connectivity index (χ3n) is 5.32. The van der Waals surface area contributed by atoms with Gasteiger partial charge in [0.1, 0.15) is 0 Å². The van der Waals surface area contributed by atoms with Gasteiger partial charge < -0.3 is 4.90 Å². The van der Waals surface area contributed by atoms with Crippen LogP contribution in [0, 0.1) is 0 Å². The van der Waals surface area contributed by atoms with Gasteiger partial charge in [-0.05, 0) is 68.6 Å². The first kappa shape index (κ1) is 15.3. The zero-order chi connectivity index (χ0) is 15.6. The van der Waals surface area contributed by atoms with Crippen molar-refractivity contribution in [2.75, 3.05) is 20.6 Å². The standard InChI is InChI=1S/C21H27N/c1-4-21(15-16-22(2)3)19-11-7-5-9-17(19)13-14-18-10-6-8-12-20(18)21/h5-12H,4,13-16H2,1-3H3. The van der Waals surface area contributed by atoms with E-state index in [0.717, 1.165) is 25.8 Å². The summed E-state index contributed by atoms with van der Waals surface area (Å²) in [4.78, 5) is 2.31. The van der Waals surface area contributed by atoms with Gasteiger partial charge in [0, 0.05) is 5.41 Å². The predicted octanol–water partition coefficient (Wildman–Crippen LogP) is 4.43. The summed E-state index contributed by atoms with van der Waals surface area (Å²) in [6, 6.07) is 18.2. The van der Waals surface area contributed by atoms with Crippen LogP contribution in [0.1, 0.15) is 42.0 Å². The molecule has 0 fully saturated rings. The second kappa shape index (κ2) is 6.26. The normalized spacial score (nSPS) is 16.0. The lowest BCUT2D eigenvalue weighted by molar-refractivity contribution is 0.336. The van der Waals surface area contributed by atoms with Gasteiger partial charge in [0.15, 0.2) is 0 Å². The molecule has 0 amide bonds. The number of hydrogen-bond donors (Lipinski definition) is 0. The molecule has 0 heterocycles. The van der Waals surface area contributed by atoms with Gasteiger partial charge in [-0.15, -0.1) is 0 Å². The third kappa shape index (κ3) is 2.59. The molecule has 0 saturated heterocycles. The number of rotatable bonds is 4. The van der Waals surface area contributed by atoms with E-state index in [9.17, 15) is 0 Å². The minimum Gasteiger partial charge on any atom is -0.309 e. The smallest absolute Gasteiger partial charge is 0.0217 e. The molecule has 0 atom stereocenters. The molecule has 0 bridgehead atoms. The summed E-state index contributed by atoms with van der Waals surface area (Å²) in [7, 11) is 4.36. The Morgan fingerprint density at radius 1 is 0.864 bits per heavy atom. The van der Waals surface area contributed by atoms with Crippen LogP contribution in [0.25, 0.3) is 0 Å². The van der Waals surface area contributed by atoms with Crippen molar-refractivity contribution < 1.29 is 0 Å². The average molecular weight is 293 g/mol. The Morgan fingerprint density at radius 3 is 1.82 bits per heavy atom. The average Bonchev–Trinajstić information content (AvgIpc) is 2.68. The fourth-order valence-corrected chi connectivity index (χ4v) is 4.07. The van der Waals surface area contributed by atoms with Crippen LogP contribution in [0.4, 0.5) is 0 Å². The van der Waals surface area contributed by atoms with Crippen LogP contribution in [0.2, 0.25) is 0 Å². The molecule has 0 aliphatic heterocycles. The van der Waals surface area contributed by atoms with Crippen LogP contribution in [0.5, 0.6) is 0 Å². The van der Waals surface area contributed by atoms with Crippen molar-refractivity contribution in [3.63, 3.8) is 0 Å². The van der Waals surface area contributed by atoms with E-state index in [1.807, 2.05) is 0 Å². The van der Waals surface area contributed by atoms with Crippen LogP contribution < -0.4 is 0 Å². The molecule has 0 N–H and O–H groups in total. The molecule has 0 aromatic heterocycles. The highest BCUT2D eigenvalue weighted by Gasteiger charge is 2.37. The molecule has 0 saturated carbocycles. The third-order valence-corrected chi connectivity index (χ3v) is 5.32. The number of nitrogens with zero attached hydrogens (tertiary/aromatic N) is 1. The Balaban J connectivity index is 2.20. The lowest BCUT2D eigenvalue weighted by atomic mass is 9.68. The zero-order valence-corrected chi connectivity index (χ0v) is 14.1. The molecule has 1 heteroatoms. The van der Waals surface area contributed by atoms with E-state index in [2.05, 4.69) is 74.4 Å². The Kier molecular flexibility index (Phi) is 4.35. The van der Waals surface area contributed by atoms with Crippen molar-refractivity contribution in [3.05, 3.63) is 70.8 Å². The molecule has 0 unspecified atom stereocenters. The van der Waals surface area contributed by atoms with E-state index in [1.54, 1.807) is 22.3 Å². The molecule has 0 radical (unpaired) electrons. The van der Waals surface area contributed by atoms with E-state index >= 15 is 0 Å². The first-order chi connectivity index (χ1) is 10.7. The lowest BCUT2D eigenvalue weighted by Crippen LogP contribution is -2.32. The summed E-state index contributed by atoms with van der Waals surface area (Å²) in [5, 5.41) is 0. The fraction of sp³-hybridized carbons (Fsp3) is 0.429. The highest BCUT2D eigenvalue weighted by atomic mass is 15.0. The molecular formula is C21H27N. The van der Waals surface area contributed by atoms with E-state index in [0.29, 0.717) is 0 Å². The topological polar surface area (TPSA) is 3.24 Å². The first-order valence-electron chi connectivity index (χ1n) is 8.49. The first-order valence-corrected chi connectivity index (χ1v) is 8.49. The largest absolute Gasteiger partial charge is 0.309 e. The van der Waals surface area contributed by atoms with Gasteiger partial charge in [0.25, 0.3) is 0 Å². The van der Waals surface area contributed by atoms with Crippen molar-refractivity contribution >= 4 is 0 Å². The number of aryl methyl sites for hydroxylation is 2. The zero-order valence-electron chi connectivity index (χ0n) is 14.1. The van der Waals surface area contributed by atoms with Crippen LogP contribution in [-0.2, 0) is 18.3 Å². The second-order valence-electron chi connectivity index (χ2n) is 6.80. The van der Waals surface area contributed by atoms with Crippen molar-refractivity contribution in [2.24, 2.45) is 0 Å². The predicted molar refractivity (Wildman–Crippen MR) is 94.5 cm³/mol. The number of fused-ring (bicyclic) bond motifs is 2. The summed E-state index contributed by atoms with van der Waals surface area (Å²) >= 11 is 0. The monoisotopic (exact) mass is 293 g/mol. The van der Waals surface area contributed by atoms with Crippen molar-refractivity contribution in [1.82, 2.24) is 4.90 Å². The van der Waals surface area contributed by atoms with Gasteiger partial charge in [-0.3, -0.25) is 0 Å². The summed E-state index contributed by atoms with van der Waals surface area (Å²) in [5.41, 5.74) is 6.36. The second-order valence-corrected chi connectivity index (χ2v) is 6.80.